The van der Waals surface area contributed by atoms with Gasteiger partial charge in [-0.2, -0.15) is 0 Å². The highest BCUT2D eigenvalue weighted by Crippen LogP contribution is 2.19. The van der Waals surface area contributed by atoms with Gasteiger partial charge < -0.3 is 15.4 Å². The summed E-state index contributed by atoms with van der Waals surface area (Å²) in [6, 6.07) is 0. The summed E-state index contributed by atoms with van der Waals surface area (Å²) < 4.78 is 5.25. The number of likely N-dealkylation sites (tertiary alicyclic amines) is 1. The molecule has 0 saturated carbocycles. The minimum atomic E-state index is -0.0241. The smallest absolute Gasteiger partial charge is 0.0502 e. The number of nitrogens with zero attached hydrogens (tertiary/aromatic N) is 1. The van der Waals surface area contributed by atoms with Gasteiger partial charge in [-0.1, -0.05) is 13.3 Å². The lowest BCUT2D eigenvalue weighted by molar-refractivity contribution is 0.0792. The van der Waals surface area contributed by atoms with Crippen LogP contribution < -0.4 is 5.73 Å². The van der Waals surface area contributed by atoms with Crippen LogP contribution in [-0.2, 0) is 4.74 Å². The number of methoxy groups -OCH3 is 1. The Kier molecular flexibility index (Phi) is 5.73. The zero-order valence-corrected chi connectivity index (χ0v) is 11.2. The van der Waals surface area contributed by atoms with Crippen molar-refractivity contribution in [3.05, 3.63) is 0 Å². The van der Waals surface area contributed by atoms with Gasteiger partial charge >= 0.3 is 0 Å². The van der Waals surface area contributed by atoms with Gasteiger partial charge in [-0.25, -0.2) is 0 Å². The monoisotopic (exact) mass is 228 g/mol. The Morgan fingerprint density at radius 3 is 2.88 bits per heavy atom. The van der Waals surface area contributed by atoms with E-state index in [-0.39, 0.29) is 5.54 Å². The average molecular weight is 228 g/mol. The third-order valence-electron chi connectivity index (χ3n) is 3.41. The fraction of sp³-hybridized carbons (Fsp3) is 1.00. The van der Waals surface area contributed by atoms with Crippen molar-refractivity contribution in [2.75, 3.05) is 33.4 Å². The fourth-order valence-electron chi connectivity index (χ4n) is 2.83. The summed E-state index contributed by atoms with van der Waals surface area (Å²) in [7, 11) is 1.79. The van der Waals surface area contributed by atoms with Crippen molar-refractivity contribution in [1.82, 2.24) is 4.90 Å². The molecule has 96 valence electrons. The Hall–Kier alpha value is -0.120. The molecular formula is C13H28N2O. The van der Waals surface area contributed by atoms with Crippen molar-refractivity contribution in [3.63, 3.8) is 0 Å². The quantitative estimate of drug-likeness (QED) is 0.754. The highest BCUT2D eigenvalue weighted by Gasteiger charge is 2.25. The van der Waals surface area contributed by atoms with Crippen molar-refractivity contribution in [2.45, 2.75) is 45.1 Å². The molecule has 1 fully saturated rings. The van der Waals surface area contributed by atoms with Crippen LogP contribution in [0.15, 0.2) is 0 Å². The van der Waals surface area contributed by atoms with Gasteiger partial charge in [0, 0.05) is 25.7 Å². The van der Waals surface area contributed by atoms with Crippen LogP contribution in [0.2, 0.25) is 0 Å². The van der Waals surface area contributed by atoms with Crippen LogP contribution in [0, 0.1) is 5.92 Å². The zero-order valence-electron chi connectivity index (χ0n) is 11.2. The molecule has 1 heterocycles. The van der Waals surface area contributed by atoms with Crippen molar-refractivity contribution >= 4 is 0 Å². The third kappa shape index (κ3) is 4.81. The normalized spacial score (nSPS) is 26.6. The first kappa shape index (κ1) is 13.9. The van der Waals surface area contributed by atoms with Crippen molar-refractivity contribution in [1.29, 1.82) is 0 Å². The molecule has 0 aromatic carbocycles. The molecule has 2 atom stereocenters. The van der Waals surface area contributed by atoms with E-state index in [0.29, 0.717) is 5.92 Å². The van der Waals surface area contributed by atoms with Crippen LogP contribution in [0.5, 0.6) is 0 Å². The van der Waals surface area contributed by atoms with E-state index in [9.17, 15) is 0 Å². The predicted octanol–water partition coefficient (Wildman–Crippen LogP) is 1.86. The maximum Gasteiger partial charge on any atom is 0.0502 e. The van der Waals surface area contributed by atoms with Crippen LogP contribution >= 0.6 is 0 Å². The molecule has 1 aliphatic heterocycles. The Balaban J connectivity index is 2.36. The molecule has 0 aromatic heterocycles. The summed E-state index contributed by atoms with van der Waals surface area (Å²) in [6.07, 6.45) is 4.87. The second-order valence-electron chi connectivity index (χ2n) is 5.60. The largest absolute Gasteiger partial charge is 0.384 e. The molecule has 0 spiro atoms. The van der Waals surface area contributed by atoms with E-state index in [1.54, 1.807) is 7.11 Å². The summed E-state index contributed by atoms with van der Waals surface area (Å²) in [6.45, 7) is 8.67. The Bertz CT molecular complexity index is 192. The molecule has 0 aromatic rings. The molecule has 1 saturated heterocycles. The lowest BCUT2D eigenvalue weighted by Gasteiger charge is -2.37. The summed E-state index contributed by atoms with van der Waals surface area (Å²) in [4.78, 5) is 2.52. The van der Waals surface area contributed by atoms with E-state index in [1.165, 1.54) is 25.8 Å². The van der Waals surface area contributed by atoms with Gasteiger partial charge in [0.2, 0.25) is 0 Å². The minimum Gasteiger partial charge on any atom is -0.384 e. The van der Waals surface area contributed by atoms with E-state index in [4.69, 9.17) is 10.5 Å². The van der Waals surface area contributed by atoms with Gasteiger partial charge in [-0.05, 0) is 38.6 Å². The molecular weight excluding hydrogens is 200 g/mol. The number of hydrogen-bond donors (Lipinski definition) is 1. The molecule has 2 unspecified atom stereocenters. The Morgan fingerprint density at radius 1 is 1.50 bits per heavy atom. The van der Waals surface area contributed by atoms with Crippen LogP contribution in [0.25, 0.3) is 0 Å². The van der Waals surface area contributed by atoms with Gasteiger partial charge in [0.25, 0.3) is 0 Å². The third-order valence-corrected chi connectivity index (χ3v) is 3.41. The second kappa shape index (κ2) is 6.58. The first-order valence-electron chi connectivity index (χ1n) is 6.57. The SMILES string of the molecule is CCCC(C)(N)CN1CCCC(COC)C1. The standard InChI is InChI=1S/C13H28N2O/c1-4-7-13(2,14)11-15-8-5-6-12(9-15)10-16-3/h12H,4-11,14H2,1-3H3. The lowest BCUT2D eigenvalue weighted by atomic mass is 9.93. The van der Waals surface area contributed by atoms with Gasteiger partial charge in [-0.3, -0.25) is 0 Å². The van der Waals surface area contributed by atoms with Crippen molar-refractivity contribution < 1.29 is 4.74 Å². The maximum atomic E-state index is 6.30. The summed E-state index contributed by atoms with van der Waals surface area (Å²) in [5.74, 6) is 0.705. The predicted molar refractivity (Wildman–Crippen MR) is 68.5 cm³/mol. The van der Waals surface area contributed by atoms with Crippen LogP contribution in [0.4, 0.5) is 0 Å². The topological polar surface area (TPSA) is 38.5 Å². The van der Waals surface area contributed by atoms with E-state index >= 15 is 0 Å². The minimum absolute atomic E-state index is 0.0241. The molecule has 2 N–H and O–H groups in total. The van der Waals surface area contributed by atoms with Gasteiger partial charge in [-0.15, -0.1) is 0 Å². The van der Waals surface area contributed by atoms with Gasteiger partial charge in [0.05, 0.1) is 6.61 Å². The molecule has 0 radical (unpaired) electrons. The van der Waals surface area contributed by atoms with E-state index in [0.717, 1.165) is 26.1 Å². The maximum absolute atomic E-state index is 6.30. The fourth-order valence-corrected chi connectivity index (χ4v) is 2.83. The van der Waals surface area contributed by atoms with Crippen molar-refractivity contribution in [2.24, 2.45) is 11.7 Å². The van der Waals surface area contributed by atoms with Gasteiger partial charge in [0.1, 0.15) is 0 Å². The first-order chi connectivity index (χ1) is 7.57. The number of hydrogen-bond acceptors (Lipinski definition) is 3. The zero-order chi connectivity index (χ0) is 12.0. The first-order valence-corrected chi connectivity index (χ1v) is 6.57. The molecule has 1 rings (SSSR count). The highest BCUT2D eigenvalue weighted by molar-refractivity contribution is 4.84. The molecule has 3 heteroatoms. The number of nitrogens with two attached hydrogens (primary N) is 1. The summed E-state index contributed by atoms with van der Waals surface area (Å²) in [5, 5.41) is 0. The molecule has 3 nitrogen and oxygen atoms in total. The second-order valence-corrected chi connectivity index (χ2v) is 5.60. The van der Waals surface area contributed by atoms with Crippen LogP contribution in [0.1, 0.15) is 39.5 Å². The average Bonchev–Trinajstić information content (AvgIpc) is 2.17. The van der Waals surface area contributed by atoms with E-state index in [2.05, 4.69) is 18.7 Å². The number of rotatable bonds is 6. The molecule has 1 aliphatic rings. The Morgan fingerprint density at radius 2 is 2.25 bits per heavy atom. The molecule has 0 aliphatic carbocycles. The Labute approximate surface area is 100 Å². The number of piperidine rings is 1. The van der Waals surface area contributed by atoms with E-state index in [1.807, 2.05) is 0 Å². The lowest BCUT2D eigenvalue weighted by Crippen LogP contribution is -2.50. The van der Waals surface area contributed by atoms with Crippen molar-refractivity contribution in [3.8, 4) is 0 Å². The summed E-state index contributed by atoms with van der Waals surface area (Å²) >= 11 is 0. The molecule has 0 amide bonds. The number of ether oxygens (including phenoxy) is 1. The summed E-state index contributed by atoms with van der Waals surface area (Å²) in [5.41, 5.74) is 6.28. The van der Waals surface area contributed by atoms with Crippen LogP contribution in [-0.4, -0.2) is 43.8 Å². The van der Waals surface area contributed by atoms with Gasteiger partial charge in [0.15, 0.2) is 0 Å². The molecule has 16 heavy (non-hydrogen) atoms. The van der Waals surface area contributed by atoms with Crippen LogP contribution in [0.3, 0.4) is 0 Å². The molecule has 0 bridgehead atoms. The van der Waals surface area contributed by atoms with E-state index < -0.39 is 0 Å². The highest BCUT2D eigenvalue weighted by atomic mass is 16.5.